The van der Waals surface area contributed by atoms with Gasteiger partial charge in [0.25, 0.3) is 0 Å². The maximum absolute atomic E-state index is 12.7. The molecule has 2 rings (SSSR count). The third kappa shape index (κ3) is 3.48. The third-order valence-corrected chi connectivity index (χ3v) is 4.47. The number of likely N-dealkylation sites (tertiary alicyclic amines) is 1. The molecule has 2 saturated heterocycles. The van der Waals surface area contributed by atoms with Crippen LogP contribution in [0.25, 0.3) is 0 Å². The highest BCUT2D eigenvalue weighted by Gasteiger charge is 2.40. The van der Waals surface area contributed by atoms with Crippen molar-refractivity contribution in [1.82, 2.24) is 10.2 Å². The van der Waals surface area contributed by atoms with Crippen molar-refractivity contribution < 1.29 is 9.53 Å². The van der Waals surface area contributed by atoms with E-state index in [4.69, 9.17) is 4.74 Å². The number of amides is 1. The van der Waals surface area contributed by atoms with E-state index in [0.717, 1.165) is 45.5 Å². The fourth-order valence-corrected chi connectivity index (χ4v) is 3.33. The number of hydrogen-bond donors (Lipinski definition) is 1. The van der Waals surface area contributed by atoms with Crippen molar-refractivity contribution in [2.45, 2.75) is 58.6 Å². The van der Waals surface area contributed by atoms with Gasteiger partial charge in [-0.3, -0.25) is 4.79 Å². The number of hydrogen-bond acceptors (Lipinski definition) is 3. The van der Waals surface area contributed by atoms with Crippen LogP contribution < -0.4 is 5.32 Å². The molecule has 1 N–H and O–H groups in total. The van der Waals surface area contributed by atoms with Crippen LogP contribution in [0.1, 0.15) is 46.5 Å². The summed E-state index contributed by atoms with van der Waals surface area (Å²) in [7, 11) is 0. The molecule has 4 heteroatoms. The lowest BCUT2D eigenvalue weighted by molar-refractivity contribution is -0.141. The average molecular weight is 268 g/mol. The zero-order chi connectivity index (χ0) is 13.9. The van der Waals surface area contributed by atoms with Crippen molar-refractivity contribution in [1.29, 1.82) is 0 Å². The standard InChI is InChI=1S/C15H28N2O2/c1-4-19-12-7-5-10-17(11-12)14(18)13-15(2,3)8-6-9-16-13/h12-13,16H,4-11H2,1-3H3. The molecule has 0 radical (unpaired) electrons. The summed E-state index contributed by atoms with van der Waals surface area (Å²) in [5.74, 6) is 0.272. The first-order valence-corrected chi connectivity index (χ1v) is 7.68. The summed E-state index contributed by atoms with van der Waals surface area (Å²) in [4.78, 5) is 14.7. The van der Waals surface area contributed by atoms with Crippen molar-refractivity contribution in [2.24, 2.45) is 5.41 Å². The van der Waals surface area contributed by atoms with Gasteiger partial charge in [-0.25, -0.2) is 0 Å². The first-order chi connectivity index (χ1) is 9.04. The minimum absolute atomic E-state index is 0.0263. The Morgan fingerprint density at radius 1 is 1.42 bits per heavy atom. The Bertz CT molecular complexity index is 315. The summed E-state index contributed by atoms with van der Waals surface area (Å²) in [6.07, 6.45) is 4.66. The highest BCUT2D eigenvalue weighted by Crippen LogP contribution is 2.31. The van der Waals surface area contributed by atoms with Crippen molar-refractivity contribution in [3.63, 3.8) is 0 Å². The Hall–Kier alpha value is -0.610. The highest BCUT2D eigenvalue weighted by atomic mass is 16.5. The van der Waals surface area contributed by atoms with Crippen LogP contribution in [0.2, 0.25) is 0 Å². The van der Waals surface area contributed by atoms with Crippen LogP contribution in [0.15, 0.2) is 0 Å². The zero-order valence-corrected chi connectivity index (χ0v) is 12.6. The lowest BCUT2D eigenvalue weighted by Gasteiger charge is -2.42. The molecular formula is C15H28N2O2. The Balaban J connectivity index is 1.98. The van der Waals surface area contributed by atoms with Gasteiger partial charge >= 0.3 is 0 Å². The van der Waals surface area contributed by atoms with Crippen molar-refractivity contribution in [3.05, 3.63) is 0 Å². The van der Waals surface area contributed by atoms with E-state index < -0.39 is 0 Å². The molecule has 0 aromatic heterocycles. The van der Waals surface area contributed by atoms with Gasteiger partial charge in [-0.1, -0.05) is 13.8 Å². The van der Waals surface area contributed by atoms with Gasteiger partial charge in [-0.05, 0) is 44.6 Å². The molecular weight excluding hydrogens is 240 g/mol. The largest absolute Gasteiger partial charge is 0.377 e. The van der Waals surface area contributed by atoms with Crippen LogP contribution in [-0.2, 0) is 9.53 Å². The van der Waals surface area contributed by atoms with E-state index in [1.54, 1.807) is 0 Å². The van der Waals surface area contributed by atoms with Crippen LogP contribution in [0.5, 0.6) is 0 Å². The molecule has 2 fully saturated rings. The summed E-state index contributed by atoms with van der Waals surface area (Å²) < 4.78 is 5.69. The quantitative estimate of drug-likeness (QED) is 0.848. The first kappa shape index (κ1) is 14.8. The van der Waals surface area contributed by atoms with Crippen LogP contribution in [0.3, 0.4) is 0 Å². The Morgan fingerprint density at radius 3 is 2.89 bits per heavy atom. The van der Waals surface area contributed by atoms with E-state index in [-0.39, 0.29) is 23.5 Å². The first-order valence-electron chi connectivity index (χ1n) is 7.68. The second-order valence-electron chi connectivity index (χ2n) is 6.48. The monoisotopic (exact) mass is 268 g/mol. The molecule has 0 saturated carbocycles. The lowest BCUT2D eigenvalue weighted by Crippen LogP contribution is -2.58. The Labute approximate surface area is 116 Å². The Morgan fingerprint density at radius 2 is 2.21 bits per heavy atom. The van der Waals surface area contributed by atoms with Crippen molar-refractivity contribution in [2.75, 3.05) is 26.2 Å². The summed E-state index contributed by atoms with van der Waals surface area (Å²) in [6.45, 7) is 9.77. The molecule has 0 aromatic rings. The fraction of sp³-hybridized carbons (Fsp3) is 0.933. The van der Waals surface area contributed by atoms with Gasteiger partial charge in [0.15, 0.2) is 0 Å². The van der Waals surface area contributed by atoms with Gasteiger partial charge in [0, 0.05) is 19.7 Å². The van der Waals surface area contributed by atoms with Gasteiger partial charge in [-0.2, -0.15) is 0 Å². The van der Waals surface area contributed by atoms with E-state index in [1.807, 2.05) is 11.8 Å². The number of piperidine rings is 2. The molecule has 110 valence electrons. The van der Waals surface area contributed by atoms with E-state index in [2.05, 4.69) is 19.2 Å². The maximum atomic E-state index is 12.7. The summed E-state index contributed by atoms with van der Waals surface area (Å²) >= 11 is 0. The van der Waals surface area contributed by atoms with E-state index >= 15 is 0 Å². The third-order valence-electron chi connectivity index (χ3n) is 4.47. The molecule has 1 amide bonds. The summed E-state index contributed by atoms with van der Waals surface area (Å²) in [6, 6.07) is -0.0263. The van der Waals surface area contributed by atoms with E-state index in [9.17, 15) is 4.79 Å². The second kappa shape index (κ2) is 6.23. The molecule has 0 bridgehead atoms. The molecule has 2 unspecified atom stereocenters. The molecule has 19 heavy (non-hydrogen) atoms. The van der Waals surface area contributed by atoms with Crippen LogP contribution in [-0.4, -0.2) is 49.2 Å². The number of nitrogens with zero attached hydrogens (tertiary/aromatic N) is 1. The van der Waals surface area contributed by atoms with Gasteiger partial charge in [0.05, 0.1) is 12.1 Å². The molecule has 2 aliphatic rings. The fourth-order valence-electron chi connectivity index (χ4n) is 3.33. The van der Waals surface area contributed by atoms with E-state index in [0.29, 0.717) is 0 Å². The van der Waals surface area contributed by atoms with Crippen LogP contribution in [0, 0.1) is 5.41 Å². The van der Waals surface area contributed by atoms with Crippen LogP contribution >= 0.6 is 0 Å². The number of nitrogens with one attached hydrogen (secondary N) is 1. The van der Waals surface area contributed by atoms with Crippen LogP contribution in [0.4, 0.5) is 0 Å². The summed E-state index contributed by atoms with van der Waals surface area (Å²) in [5.41, 5.74) is 0.0634. The number of carbonyl (C=O) groups is 1. The topological polar surface area (TPSA) is 41.6 Å². The number of ether oxygens (including phenoxy) is 1. The van der Waals surface area contributed by atoms with Gasteiger partial charge in [0.1, 0.15) is 0 Å². The van der Waals surface area contributed by atoms with E-state index in [1.165, 1.54) is 6.42 Å². The SMILES string of the molecule is CCOC1CCCN(C(=O)C2NCCCC2(C)C)C1. The van der Waals surface area contributed by atoms with Gasteiger partial charge in [-0.15, -0.1) is 0 Å². The smallest absolute Gasteiger partial charge is 0.240 e. The zero-order valence-electron chi connectivity index (χ0n) is 12.6. The molecule has 0 spiro atoms. The predicted molar refractivity (Wildman–Crippen MR) is 76.0 cm³/mol. The van der Waals surface area contributed by atoms with Gasteiger partial charge < -0.3 is 15.0 Å². The van der Waals surface area contributed by atoms with Gasteiger partial charge in [0.2, 0.25) is 5.91 Å². The molecule has 2 aliphatic heterocycles. The number of rotatable bonds is 3. The lowest BCUT2D eigenvalue weighted by atomic mass is 9.77. The number of carbonyl (C=O) groups excluding carboxylic acids is 1. The molecule has 4 nitrogen and oxygen atoms in total. The average Bonchev–Trinajstić information content (AvgIpc) is 2.38. The molecule has 2 atom stereocenters. The minimum Gasteiger partial charge on any atom is -0.377 e. The van der Waals surface area contributed by atoms with Crippen molar-refractivity contribution >= 4 is 5.91 Å². The normalized spacial score (nSPS) is 31.2. The highest BCUT2D eigenvalue weighted by molar-refractivity contribution is 5.83. The Kier molecular flexibility index (Phi) is 4.85. The predicted octanol–water partition coefficient (Wildman–Crippen LogP) is 1.79. The molecule has 2 heterocycles. The molecule has 0 aromatic carbocycles. The summed E-state index contributed by atoms with van der Waals surface area (Å²) in [5, 5.41) is 3.42. The maximum Gasteiger partial charge on any atom is 0.240 e. The minimum atomic E-state index is -0.0263. The molecule has 0 aliphatic carbocycles. The second-order valence-corrected chi connectivity index (χ2v) is 6.48. The van der Waals surface area contributed by atoms with Crippen molar-refractivity contribution in [3.8, 4) is 0 Å².